The summed E-state index contributed by atoms with van der Waals surface area (Å²) < 4.78 is 0. The van der Waals surface area contributed by atoms with Crippen LogP contribution >= 0.6 is 0 Å². The van der Waals surface area contributed by atoms with Crippen molar-refractivity contribution in [3.63, 3.8) is 0 Å². The third kappa shape index (κ3) is 36.9. The van der Waals surface area contributed by atoms with Gasteiger partial charge in [-0.3, -0.25) is 14.4 Å². The van der Waals surface area contributed by atoms with Crippen molar-refractivity contribution in [2.24, 2.45) is 17.8 Å². The molecule has 1 unspecified atom stereocenters. The lowest BCUT2D eigenvalue weighted by Crippen LogP contribution is -2.17. The van der Waals surface area contributed by atoms with Crippen molar-refractivity contribution in [1.82, 2.24) is 0 Å². The normalized spacial score (nSPS) is 11.6. The Hall–Kier alpha value is -1.03. The Morgan fingerprint density at radius 2 is 0.732 bits per heavy atom. The zero-order valence-electron chi connectivity index (χ0n) is 29.3. The molecule has 0 spiro atoms. The molecule has 4 nitrogen and oxygen atoms in total. The van der Waals surface area contributed by atoms with Gasteiger partial charge in [0.25, 0.3) is 0 Å². The van der Waals surface area contributed by atoms with Crippen molar-refractivity contribution in [1.29, 1.82) is 0 Å². The van der Waals surface area contributed by atoms with Crippen LogP contribution in [0.4, 0.5) is 0 Å². The fourth-order valence-corrected chi connectivity index (χ4v) is 4.29. The highest BCUT2D eigenvalue weighted by atomic mass is 16.3. The van der Waals surface area contributed by atoms with Gasteiger partial charge in [-0.1, -0.05) is 159 Å². The van der Waals surface area contributed by atoms with Crippen LogP contribution in [-0.4, -0.2) is 28.6 Å². The van der Waals surface area contributed by atoms with Gasteiger partial charge in [-0.05, 0) is 19.3 Å². The molecule has 4 heteroatoms. The number of hydrogen-bond donors (Lipinski definition) is 1. The predicted molar refractivity (Wildman–Crippen MR) is 180 cm³/mol. The number of ketones is 3. The van der Waals surface area contributed by atoms with Crippen molar-refractivity contribution in [2.45, 2.75) is 203 Å². The molecule has 0 aromatic rings. The van der Waals surface area contributed by atoms with E-state index >= 15 is 0 Å². The summed E-state index contributed by atoms with van der Waals surface area (Å²) in [6, 6.07) is 0. The lowest BCUT2D eigenvalue weighted by molar-refractivity contribution is -0.124. The van der Waals surface area contributed by atoms with Crippen LogP contribution in [0.1, 0.15) is 197 Å². The maximum Gasteiger partial charge on any atom is 0.137 e. The summed E-state index contributed by atoms with van der Waals surface area (Å²) in [5, 5.41) is 9.60. The molecule has 41 heavy (non-hydrogen) atoms. The Balaban J connectivity index is -0.000000532. The number of unbranched alkanes of at least 4 members (excludes halogenated alkanes) is 14. The molecule has 0 aliphatic heterocycles. The standard InChI is InChI=1S/C13H26O2.C13H26O.C11H22O/c1-4-5-6-7-8-9-12(14)10-13(15)11(2)3;1-4-5-6-7-8-9-10-11-13(14)12(2)3;1-4-5-6-7-8-9-11(12)10(2)3/h11-12,14H,4-10H2,1-3H3;12H,4-11H2,1-3H3;10H,4-9H2,1-3H3. The van der Waals surface area contributed by atoms with E-state index in [1.54, 1.807) is 0 Å². The minimum Gasteiger partial charge on any atom is -0.393 e. The SMILES string of the molecule is CCCCCCCC(=O)C(C)C.CCCCCCCC(O)CC(=O)C(C)C.CCCCCCCCCC(=O)C(C)C. The van der Waals surface area contributed by atoms with Crippen LogP contribution < -0.4 is 0 Å². The van der Waals surface area contributed by atoms with Crippen LogP contribution in [-0.2, 0) is 14.4 Å². The van der Waals surface area contributed by atoms with Crippen molar-refractivity contribution in [3.8, 4) is 0 Å². The summed E-state index contributed by atoms with van der Waals surface area (Å²) in [6.07, 6.45) is 23.6. The largest absolute Gasteiger partial charge is 0.393 e. The van der Waals surface area contributed by atoms with Crippen LogP contribution in [0.3, 0.4) is 0 Å². The average molecular weight is 583 g/mol. The van der Waals surface area contributed by atoms with Crippen molar-refractivity contribution in [2.75, 3.05) is 0 Å². The van der Waals surface area contributed by atoms with Gasteiger partial charge in [-0.25, -0.2) is 0 Å². The van der Waals surface area contributed by atoms with Crippen LogP contribution in [0.15, 0.2) is 0 Å². The van der Waals surface area contributed by atoms with Gasteiger partial charge in [0.2, 0.25) is 0 Å². The van der Waals surface area contributed by atoms with Crippen LogP contribution in [0.2, 0.25) is 0 Å². The minimum absolute atomic E-state index is 0.0553. The van der Waals surface area contributed by atoms with Gasteiger partial charge in [-0.2, -0.15) is 0 Å². The number of aliphatic hydroxyl groups is 1. The van der Waals surface area contributed by atoms with E-state index in [1.807, 2.05) is 41.5 Å². The van der Waals surface area contributed by atoms with Crippen molar-refractivity contribution >= 4 is 17.3 Å². The Bertz CT molecular complexity index is 579. The van der Waals surface area contributed by atoms with E-state index in [-0.39, 0.29) is 23.5 Å². The second-order valence-corrected chi connectivity index (χ2v) is 13.0. The minimum atomic E-state index is -0.415. The number of hydrogen-bond acceptors (Lipinski definition) is 4. The summed E-state index contributed by atoms with van der Waals surface area (Å²) >= 11 is 0. The first-order chi connectivity index (χ1) is 19.4. The predicted octanol–water partition coefficient (Wildman–Crippen LogP) is 11.2. The lowest BCUT2D eigenvalue weighted by atomic mass is 9.99. The molecule has 0 amide bonds. The van der Waals surface area contributed by atoms with Gasteiger partial charge in [-0.15, -0.1) is 0 Å². The van der Waals surface area contributed by atoms with E-state index in [1.165, 1.54) is 89.9 Å². The second kappa shape index (κ2) is 33.5. The Labute approximate surface area is 257 Å². The van der Waals surface area contributed by atoms with Crippen molar-refractivity contribution < 1.29 is 19.5 Å². The summed E-state index contributed by atoms with van der Waals surface area (Å²) in [4.78, 5) is 33.8. The number of Topliss-reactive ketones (excluding diaryl/α,β-unsaturated/α-hetero) is 3. The molecule has 0 saturated carbocycles. The van der Waals surface area contributed by atoms with E-state index in [0.717, 1.165) is 38.5 Å². The molecular formula is C37H74O4. The number of carbonyl (C=O) groups is 3. The van der Waals surface area contributed by atoms with E-state index < -0.39 is 6.10 Å². The zero-order valence-corrected chi connectivity index (χ0v) is 29.3. The Morgan fingerprint density at radius 3 is 1.05 bits per heavy atom. The van der Waals surface area contributed by atoms with Gasteiger partial charge in [0.15, 0.2) is 0 Å². The molecule has 1 N–H and O–H groups in total. The molecule has 0 saturated heterocycles. The molecule has 0 rings (SSSR count). The van der Waals surface area contributed by atoms with Gasteiger partial charge in [0.05, 0.1) is 6.10 Å². The topological polar surface area (TPSA) is 71.4 Å². The van der Waals surface area contributed by atoms with E-state index in [0.29, 0.717) is 18.0 Å². The lowest BCUT2D eigenvalue weighted by Gasteiger charge is -2.11. The van der Waals surface area contributed by atoms with E-state index in [2.05, 4.69) is 20.8 Å². The molecule has 0 aromatic carbocycles. The van der Waals surface area contributed by atoms with Crippen LogP contribution in [0.5, 0.6) is 0 Å². The van der Waals surface area contributed by atoms with Crippen molar-refractivity contribution in [3.05, 3.63) is 0 Å². The fraction of sp³-hybridized carbons (Fsp3) is 0.919. The molecule has 0 fully saturated rings. The maximum atomic E-state index is 11.3. The molecule has 246 valence electrons. The first-order valence-corrected chi connectivity index (χ1v) is 17.7. The van der Waals surface area contributed by atoms with Gasteiger partial charge in [0.1, 0.15) is 17.3 Å². The smallest absolute Gasteiger partial charge is 0.137 e. The van der Waals surface area contributed by atoms with Gasteiger partial charge < -0.3 is 5.11 Å². The first-order valence-electron chi connectivity index (χ1n) is 17.7. The highest BCUT2D eigenvalue weighted by molar-refractivity contribution is 5.81. The number of rotatable bonds is 25. The third-order valence-corrected chi connectivity index (χ3v) is 7.56. The second-order valence-electron chi connectivity index (χ2n) is 13.0. The first kappa shape index (κ1) is 44.4. The fourth-order valence-electron chi connectivity index (χ4n) is 4.29. The summed E-state index contributed by atoms with van der Waals surface area (Å²) in [5.41, 5.74) is 0. The summed E-state index contributed by atoms with van der Waals surface area (Å²) in [6.45, 7) is 18.3. The maximum absolute atomic E-state index is 11.3. The molecule has 0 aliphatic carbocycles. The van der Waals surface area contributed by atoms with Gasteiger partial charge in [0, 0.05) is 37.0 Å². The molecule has 0 radical (unpaired) electrons. The molecule has 0 bridgehead atoms. The zero-order chi connectivity index (χ0) is 31.9. The summed E-state index contributed by atoms with van der Waals surface area (Å²) in [7, 11) is 0. The van der Waals surface area contributed by atoms with E-state index in [9.17, 15) is 19.5 Å². The quantitative estimate of drug-likeness (QED) is 0.109. The third-order valence-electron chi connectivity index (χ3n) is 7.56. The van der Waals surface area contributed by atoms with Crippen LogP contribution in [0, 0.1) is 17.8 Å². The monoisotopic (exact) mass is 583 g/mol. The van der Waals surface area contributed by atoms with E-state index in [4.69, 9.17) is 0 Å². The highest BCUT2D eigenvalue weighted by Gasteiger charge is 2.13. The van der Waals surface area contributed by atoms with Gasteiger partial charge >= 0.3 is 0 Å². The average Bonchev–Trinajstić information content (AvgIpc) is 2.92. The summed E-state index contributed by atoms with van der Waals surface area (Å²) in [5.74, 6) is 1.55. The molecule has 0 aliphatic rings. The number of carbonyl (C=O) groups excluding carboxylic acids is 3. The highest BCUT2D eigenvalue weighted by Crippen LogP contribution is 2.12. The number of aliphatic hydroxyl groups excluding tert-OH is 1. The molecule has 0 heterocycles. The Kier molecular flexibility index (Phi) is 36.3. The molecule has 1 atom stereocenters. The van der Waals surface area contributed by atoms with Crippen LogP contribution in [0.25, 0.3) is 0 Å². The molecule has 0 aromatic heterocycles. The molecular weight excluding hydrogens is 508 g/mol. The Morgan fingerprint density at radius 1 is 0.439 bits per heavy atom.